The van der Waals surface area contributed by atoms with Gasteiger partial charge in [-0.05, 0) is 20.3 Å². The molecule has 0 saturated carbocycles. The molecular weight excluding hydrogens is 172 g/mol. The maximum Gasteiger partial charge on any atom is 0.339 e. The Hall–Kier alpha value is -0.810. The highest BCUT2D eigenvalue weighted by atomic mass is 16.6. The van der Waals surface area contributed by atoms with Gasteiger partial charge < -0.3 is 10.1 Å². The van der Waals surface area contributed by atoms with Crippen LogP contribution in [0, 0.1) is 0 Å². The molecule has 0 spiro atoms. The van der Waals surface area contributed by atoms with Crippen LogP contribution in [0.3, 0.4) is 0 Å². The van der Waals surface area contributed by atoms with Gasteiger partial charge in [0.2, 0.25) is 0 Å². The summed E-state index contributed by atoms with van der Waals surface area (Å²) in [5, 5.41) is 2.81. The third-order valence-electron chi connectivity index (χ3n) is 2.48. The average Bonchev–Trinajstić information content (AvgIpc) is 2.32. The summed E-state index contributed by atoms with van der Waals surface area (Å²) < 4.78 is 5.36. The summed E-state index contributed by atoms with van der Waals surface area (Å²) in [6, 6.07) is -0.331. The van der Waals surface area contributed by atoms with Gasteiger partial charge in [0.1, 0.15) is 0 Å². The van der Waals surface area contributed by atoms with Crippen LogP contribution in [0.25, 0.3) is 0 Å². The number of nitrogens with one attached hydrogen (secondary N) is 2. The second kappa shape index (κ2) is 3.93. The van der Waals surface area contributed by atoms with Crippen molar-refractivity contribution in [3.8, 4) is 0 Å². The van der Waals surface area contributed by atoms with E-state index < -0.39 is 0 Å². The Morgan fingerprint density at radius 1 is 1.69 bits per heavy atom. The first-order chi connectivity index (χ1) is 6.08. The van der Waals surface area contributed by atoms with Crippen molar-refractivity contribution in [2.24, 2.45) is 0 Å². The van der Waals surface area contributed by atoms with Crippen LogP contribution in [0.15, 0.2) is 0 Å². The highest BCUT2D eigenvalue weighted by Crippen LogP contribution is 2.24. The number of amides is 2. The van der Waals surface area contributed by atoms with E-state index in [1.165, 1.54) is 7.11 Å². The third kappa shape index (κ3) is 2.32. The predicted molar refractivity (Wildman–Crippen MR) is 47.1 cm³/mol. The smallest absolute Gasteiger partial charge is 0.339 e. The lowest BCUT2D eigenvalue weighted by Crippen LogP contribution is -2.53. The number of rotatable bonds is 2. The lowest BCUT2D eigenvalue weighted by atomic mass is 9.95. The largest absolute Gasteiger partial charge is 0.376 e. The molecule has 2 atom stereocenters. The summed E-state index contributed by atoms with van der Waals surface area (Å²) in [7, 11) is 1.40. The van der Waals surface area contributed by atoms with Crippen molar-refractivity contribution in [1.82, 2.24) is 10.8 Å². The summed E-state index contributed by atoms with van der Waals surface area (Å²) in [4.78, 5) is 15.6. The predicted octanol–water partition coefficient (Wildman–Crippen LogP) is 0.414. The quantitative estimate of drug-likeness (QED) is 0.617. The molecule has 1 aliphatic rings. The topological polar surface area (TPSA) is 59.6 Å². The first kappa shape index (κ1) is 10.3. The highest BCUT2D eigenvalue weighted by Gasteiger charge is 2.38. The molecule has 0 aliphatic carbocycles. The zero-order valence-corrected chi connectivity index (χ0v) is 8.22. The van der Waals surface area contributed by atoms with Crippen LogP contribution < -0.4 is 10.8 Å². The van der Waals surface area contributed by atoms with Gasteiger partial charge in [0.25, 0.3) is 0 Å². The van der Waals surface area contributed by atoms with Crippen molar-refractivity contribution in [1.29, 1.82) is 0 Å². The molecule has 0 aromatic carbocycles. The van der Waals surface area contributed by atoms with Gasteiger partial charge >= 0.3 is 6.03 Å². The van der Waals surface area contributed by atoms with Crippen LogP contribution in [-0.4, -0.2) is 31.4 Å². The van der Waals surface area contributed by atoms with Gasteiger partial charge in [0.05, 0.1) is 18.8 Å². The van der Waals surface area contributed by atoms with E-state index >= 15 is 0 Å². The monoisotopic (exact) mass is 188 g/mol. The Morgan fingerprint density at radius 3 is 2.85 bits per heavy atom. The molecule has 1 heterocycles. The molecule has 2 unspecified atom stereocenters. The number of carbonyl (C=O) groups is 1. The zero-order chi connectivity index (χ0) is 9.90. The number of carbonyl (C=O) groups excluding carboxylic acids is 1. The van der Waals surface area contributed by atoms with Crippen LogP contribution >= 0.6 is 0 Å². The van der Waals surface area contributed by atoms with E-state index in [9.17, 15) is 4.79 Å². The Morgan fingerprint density at radius 2 is 2.38 bits per heavy atom. The lowest BCUT2D eigenvalue weighted by molar-refractivity contribution is 0.0780. The van der Waals surface area contributed by atoms with Crippen LogP contribution in [-0.2, 0) is 9.57 Å². The summed E-state index contributed by atoms with van der Waals surface area (Å²) in [6.07, 6.45) is 0.862. The van der Waals surface area contributed by atoms with Crippen LogP contribution in [0.2, 0.25) is 0 Å². The first-order valence-electron chi connectivity index (χ1n) is 4.31. The molecule has 1 saturated heterocycles. The molecule has 1 aliphatic heterocycles. The second-order valence-electron chi connectivity index (χ2n) is 3.44. The molecule has 76 valence electrons. The van der Waals surface area contributed by atoms with Crippen LogP contribution in [0.4, 0.5) is 4.79 Å². The van der Waals surface area contributed by atoms with Gasteiger partial charge in [-0.1, -0.05) is 0 Å². The molecule has 2 N–H and O–H groups in total. The second-order valence-corrected chi connectivity index (χ2v) is 3.44. The van der Waals surface area contributed by atoms with Crippen molar-refractivity contribution in [2.75, 3.05) is 13.7 Å². The fourth-order valence-electron chi connectivity index (χ4n) is 1.38. The van der Waals surface area contributed by atoms with Gasteiger partial charge in [0.15, 0.2) is 0 Å². The summed E-state index contributed by atoms with van der Waals surface area (Å²) in [6.45, 7) is 4.59. The fourth-order valence-corrected chi connectivity index (χ4v) is 1.38. The molecule has 13 heavy (non-hydrogen) atoms. The summed E-state index contributed by atoms with van der Waals surface area (Å²) in [5.74, 6) is 0. The normalized spacial score (nSPS) is 33.0. The molecule has 0 radical (unpaired) electrons. The highest BCUT2D eigenvalue weighted by molar-refractivity contribution is 5.73. The molecule has 1 rings (SSSR count). The van der Waals surface area contributed by atoms with E-state index in [-0.39, 0.29) is 17.7 Å². The van der Waals surface area contributed by atoms with E-state index in [0.29, 0.717) is 6.61 Å². The molecular formula is C8H16N2O3. The van der Waals surface area contributed by atoms with Crippen molar-refractivity contribution >= 4 is 6.03 Å². The van der Waals surface area contributed by atoms with Gasteiger partial charge in [-0.15, -0.1) is 0 Å². The standard InChI is InChI=1S/C8H16N2O3/c1-6-8(2,4-5-13-6)9-7(11)10-12-3/h6H,4-5H2,1-3H3,(H2,9,10,11). The van der Waals surface area contributed by atoms with Gasteiger partial charge in [-0.3, -0.25) is 4.84 Å². The molecule has 0 aromatic heterocycles. The Bertz CT molecular complexity index is 198. The van der Waals surface area contributed by atoms with E-state index in [0.717, 1.165) is 6.42 Å². The minimum atomic E-state index is -0.331. The molecule has 0 aromatic rings. The van der Waals surface area contributed by atoms with Crippen molar-refractivity contribution in [3.05, 3.63) is 0 Å². The minimum Gasteiger partial charge on any atom is -0.376 e. The Labute approximate surface area is 77.7 Å². The van der Waals surface area contributed by atoms with E-state index in [1.54, 1.807) is 0 Å². The van der Waals surface area contributed by atoms with Crippen molar-refractivity contribution in [2.45, 2.75) is 31.9 Å². The number of hydrogen-bond acceptors (Lipinski definition) is 3. The van der Waals surface area contributed by atoms with Gasteiger partial charge in [-0.25, -0.2) is 10.3 Å². The number of hydrogen-bond donors (Lipinski definition) is 2. The van der Waals surface area contributed by atoms with Gasteiger partial charge in [0, 0.05) is 6.61 Å². The van der Waals surface area contributed by atoms with Crippen molar-refractivity contribution in [3.63, 3.8) is 0 Å². The maximum absolute atomic E-state index is 11.1. The molecule has 1 fully saturated rings. The minimum absolute atomic E-state index is 0.0371. The fraction of sp³-hybridized carbons (Fsp3) is 0.875. The third-order valence-corrected chi connectivity index (χ3v) is 2.48. The Kier molecular flexibility index (Phi) is 3.11. The molecule has 2 amide bonds. The van der Waals surface area contributed by atoms with E-state index in [2.05, 4.69) is 15.6 Å². The van der Waals surface area contributed by atoms with Crippen LogP contribution in [0.5, 0.6) is 0 Å². The Balaban J connectivity index is 2.46. The van der Waals surface area contributed by atoms with E-state index in [4.69, 9.17) is 4.74 Å². The molecule has 0 bridgehead atoms. The number of hydroxylamine groups is 1. The summed E-state index contributed by atoms with van der Waals surface area (Å²) >= 11 is 0. The number of urea groups is 1. The first-order valence-corrected chi connectivity index (χ1v) is 4.31. The maximum atomic E-state index is 11.1. The molecule has 5 nitrogen and oxygen atoms in total. The summed E-state index contributed by atoms with van der Waals surface area (Å²) in [5.41, 5.74) is 1.92. The van der Waals surface area contributed by atoms with Crippen molar-refractivity contribution < 1.29 is 14.4 Å². The zero-order valence-electron chi connectivity index (χ0n) is 8.22. The lowest BCUT2D eigenvalue weighted by Gasteiger charge is -2.28. The molecule has 5 heteroatoms. The van der Waals surface area contributed by atoms with Gasteiger partial charge in [-0.2, -0.15) is 0 Å². The average molecular weight is 188 g/mol. The van der Waals surface area contributed by atoms with E-state index in [1.807, 2.05) is 13.8 Å². The number of ether oxygens (including phenoxy) is 1. The van der Waals surface area contributed by atoms with Crippen LogP contribution in [0.1, 0.15) is 20.3 Å². The SMILES string of the molecule is CONC(=O)NC1(C)CCOC1C.